The number of ether oxygens (including phenoxy) is 1. The fourth-order valence-electron chi connectivity index (χ4n) is 7.48. The molecular weight excluding hydrogens is 1010 g/mol. The number of amides is 2. The Kier molecular flexibility index (Phi) is 21.3. The van der Waals surface area contributed by atoms with Crippen LogP contribution in [0.2, 0.25) is 0 Å². The van der Waals surface area contributed by atoms with Crippen LogP contribution >= 0.6 is 23.5 Å². The van der Waals surface area contributed by atoms with Gasteiger partial charge in [-0.25, -0.2) is 19.3 Å². The van der Waals surface area contributed by atoms with Gasteiger partial charge in [-0.15, -0.1) is 0 Å². The highest BCUT2D eigenvalue weighted by Gasteiger charge is 2.47. The highest BCUT2D eigenvalue weighted by molar-refractivity contribution is 7.59. The molecule has 7 unspecified atom stereocenters. The molecule has 7 N–H and O–H groups in total. The molecule has 72 heavy (non-hydrogen) atoms. The van der Waals surface area contributed by atoms with Gasteiger partial charge >= 0.3 is 5.97 Å². The molecule has 0 spiro atoms. The average Bonchev–Trinajstić information content (AvgIpc) is 3.85. The number of hydrogen-bond acceptors (Lipinski definition) is 22. The molecule has 1 saturated heterocycles. The second-order valence-corrected chi connectivity index (χ2v) is 23.5. The number of nitrogens with one attached hydrogen (secondary N) is 2. The van der Waals surface area contributed by atoms with Crippen molar-refractivity contribution in [3.05, 3.63) is 48.0 Å². The quantitative estimate of drug-likeness (QED) is 0.0388. The number of aliphatic hydroxyl groups excluding tert-OH is 2. The van der Waals surface area contributed by atoms with Crippen LogP contribution in [0.15, 0.2) is 36.9 Å². The summed E-state index contributed by atoms with van der Waals surface area (Å²) in [5, 5.41) is 35.8. The Hall–Kier alpha value is -4.10. The number of unbranched alkanes of at least 4 members (excludes halogenated alkanes) is 2. The topological polar surface area (TPSA) is 412 Å². The van der Waals surface area contributed by atoms with E-state index in [4.69, 9.17) is 10.5 Å². The fourth-order valence-corrected chi connectivity index (χ4v) is 10.2. The third-order valence-corrected chi connectivity index (χ3v) is 15.1. The van der Waals surface area contributed by atoms with E-state index in [0.717, 1.165) is 55.7 Å². The van der Waals surface area contributed by atoms with Gasteiger partial charge in [-0.1, -0.05) is 64.8 Å². The molecule has 3 aromatic rings. The van der Waals surface area contributed by atoms with E-state index in [2.05, 4.69) is 67.7 Å². The van der Waals surface area contributed by atoms with E-state index in [-0.39, 0.29) is 48.7 Å². The summed E-state index contributed by atoms with van der Waals surface area (Å²) in [5.41, 5.74) is 5.08. The molecule has 1 fully saturated rings. The van der Waals surface area contributed by atoms with Crippen LogP contribution in [0.3, 0.4) is 0 Å². The predicted molar refractivity (Wildman–Crippen MR) is 247 cm³/mol. The second-order valence-electron chi connectivity index (χ2n) is 19.5. The number of carbonyl (C=O) groups is 4. The fraction of sp³-hybridized carbons (Fsp3) is 0.651. The van der Waals surface area contributed by atoms with Gasteiger partial charge in [0.15, 0.2) is 17.7 Å². The van der Waals surface area contributed by atoms with Gasteiger partial charge < -0.3 is 74.1 Å². The number of nitrogen functional groups attached to an aromatic ring is 1. The molecule has 3 heterocycles. The molecule has 2 amide bonds. The first-order chi connectivity index (χ1) is 33.3. The Morgan fingerprint density at radius 1 is 0.833 bits per heavy atom. The number of anilines is 1. The van der Waals surface area contributed by atoms with Crippen molar-refractivity contribution in [1.29, 1.82) is 0 Å². The zero-order chi connectivity index (χ0) is 53.9. The SMILES string of the molecule is CC(C)(CCCCc1ccc(CCCCC(C)(C)C(=O)CCNC(=O)CCNC(=O)C(O)C(C)(C)COP(=O)([O-])OP(=O)([O-])OCC2OC(n3cnc4c(N)ncnc43)C(O)C2OP(=O)([O-])[O-])cc1)C(=O)O. The molecular formula is C43H64N7O19P3-4. The number of imidazole rings is 1. The van der Waals surface area contributed by atoms with E-state index in [1.165, 1.54) is 25.0 Å². The van der Waals surface area contributed by atoms with Crippen LogP contribution in [0.4, 0.5) is 5.82 Å². The highest BCUT2D eigenvalue weighted by atomic mass is 31.3. The summed E-state index contributed by atoms with van der Waals surface area (Å²) in [6.45, 7) is 7.08. The minimum Gasteiger partial charge on any atom is -0.790 e. The zero-order valence-corrected chi connectivity index (χ0v) is 43.5. The number of aromatic nitrogens is 4. The lowest BCUT2D eigenvalue weighted by molar-refractivity contribution is -0.347. The minimum absolute atomic E-state index is 0.0275. The van der Waals surface area contributed by atoms with Crippen LogP contribution in [-0.4, -0.2) is 109 Å². The lowest BCUT2D eigenvalue weighted by Crippen LogP contribution is -2.46. The molecule has 0 radical (unpaired) electrons. The van der Waals surface area contributed by atoms with Crippen LogP contribution in [0, 0.1) is 16.2 Å². The maximum Gasteiger partial charge on any atom is 0.309 e. The summed E-state index contributed by atoms with van der Waals surface area (Å²) in [6.07, 6.45) is -1.19. The van der Waals surface area contributed by atoms with Crippen molar-refractivity contribution in [2.75, 3.05) is 32.0 Å². The number of Topliss-reactive ketones (excluding diaryl/α,β-unsaturated/α-hetero) is 1. The Morgan fingerprint density at radius 3 is 1.99 bits per heavy atom. The third-order valence-electron chi connectivity index (χ3n) is 12.1. The Morgan fingerprint density at radius 2 is 1.40 bits per heavy atom. The van der Waals surface area contributed by atoms with Crippen molar-refractivity contribution in [3.63, 3.8) is 0 Å². The summed E-state index contributed by atoms with van der Waals surface area (Å²) < 4.78 is 61.0. The van der Waals surface area contributed by atoms with Crippen molar-refractivity contribution in [2.45, 2.75) is 136 Å². The molecule has 404 valence electrons. The summed E-state index contributed by atoms with van der Waals surface area (Å²) in [7, 11) is -17.7. The molecule has 1 aliphatic rings. The number of phosphoric acid groups is 3. The van der Waals surface area contributed by atoms with Gasteiger partial charge in [-0.3, -0.25) is 32.9 Å². The first kappa shape index (κ1) is 60.5. The monoisotopic (exact) mass is 1080 g/mol. The Labute approximate surface area is 416 Å². The number of aryl methyl sites for hydroxylation is 2. The maximum atomic E-state index is 13.0. The summed E-state index contributed by atoms with van der Waals surface area (Å²) in [4.78, 5) is 109. The predicted octanol–water partition coefficient (Wildman–Crippen LogP) is 1.10. The molecule has 2 aromatic heterocycles. The molecule has 1 aliphatic heterocycles. The van der Waals surface area contributed by atoms with E-state index < -0.39 is 101 Å². The smallest absolute Gasteiger partial charge is 0.309 e. The number of aliphatic hydroxyl groups is 2. The number of carboxylic acids is 1. The van der Waals surface area contributed by atoms with E-state index in [1.807, 2.05) is 13.8 Å². The molecule has 4 rings (SSSR count). The van der Waals surface area contributed by atoms with Crippen molar-refractivity contribution < 1.29 is 90.4 Å². The summed E-state index contributed by atoms with van der Waals surface area (Å²) >= 11 is 0. The van der Waals surface area contributed by atoms with Crippen molar-refractivity contribution in [3.8, 4) is 0 Å². The van der Waals surface area contributed by atoms with E-state index in [9.17, 15) is 67.8 Å². The number of rotatable bonds is 31. The Balaban J connectivity index is 1.13. The minimum atomic E-state index is -5.94. The van der Waals surface area contributed by atoms with Crippen LogP contribution in [0.25, 0.3) is 11.2 Å². The second kappa shape index (κ2) is 25.4. The molecule has 26 nitrogen and oxygen atoms in total. The van der Waals surface area contributed by atoms with Gasteiger partial charge in [0.1, 0.15) is 42.0 Å². The largest absolute Gasteiger partial charge is 0.790 e. The zero-order valence-electron chi connectivity index (χ0n) is 40.8. The molecule has 0 saturated carbocycles. The maximum absolute atomic E-state index is 13.0. The molecule has 0 aliphatic carbocycles. The van der Waals surface area contributed by atoms with Crippen LogP contribution in [0.5, 0.6) is 0 Å². The van der Waals surface area contributed by atoms with Gasteiger partial charge in [-0.2, -0.15) is 0 Å². The third kappa shape index (κ3) is 18.4. The average molecular weight is 1080 g/mol. The number of aliphatic carboxylic acids is 1. The number of carbonyl (C=O) groups excluding carboxylic acids is 3. The molecule has 7 atom stereocenters. The molecule has 1 aromatic carbocycles. The van der Waals surface area contributed by atoms with Crippen molar-refractivity contribution >= 4 is 64.0 Å². The standard InChI is InChI=1S/C43H68N7O19P3/c1-41(2,19-9-7-11-27-13-15-28(16-14-27)12-8-10-20-42(3,4)40(56)57)30(51)17-21-45-31(52)18-22-46-38(55)35(54)43(5,6)24-66-72(63,64)69-71(61,62)65-23-29-34(68-70(58,59)60)33(53)39(67-29)50-26-49-32-36(44)47-25-48-37(32)50/h13-16,25-26,29,33-35,39,53-54H,7-12,17-24H2,1-6H3,(H,45,52)(H,46,55)(H,56,57)(H,61,62)(H,63,64)(H2,44,47,48)(H2,58,59,60)/p-4. The first-order valence-electron chi connectivity index (χ1n) is 23.0. The summed E-state index contributed by atoms with van der Waals surface area (Å²) in [5.74, 6) is -2.44. The molecule has 0 bridgehead atoms. The van der Waals surface area contributed by atoms with Gasteiger partial charge in [0, 0.05) is 36.8 Å². The van der Waals surface area contributed by atoms with Gasteiger partial charge in [0.05, 0.1) is 32.8 Å². The number of ketones is 1. The molecule has 29 heteroatoms. The number of carboxylic acid groups (broad SMARTS) is 1. The number of benzene rings is 1. The van der Waals surface area contributed by atoms with Crippen molar-refractivity contribution in [1.82, 2.24) is 30.2 Å². The van der Waals surface area contributed by atoms with Gasteiger partial charge in [0.25, 0.3) is 15.6 Å². The van der Waals surface area contributed by atoms with E-state index in [0.29, 0.717) is 12.8 Å². The number of phosphoric ester groups is 3. The number of fused-ring (bicyclic) bond motifs is 1. The van der Waals surface area contributed by atoms with Crippen LogP contribution in [0.1, 0.15) is 110 Å². The van der Waals surface area contributed by atoms with Crippen molar-refractivity contribution in [2.24, 2.45) is 16.2 Å². The summed E-state index contributed by atoms with van der Waals surface area (Å²) in [6, 6.07) is 8.38. The van der Waals surface area contributed by atoms with Crippen LogP contribution < -0.4 is 35.9 Å². The highest BCUT2D eigenvalue weighted by Crippen LogP contribution is 2.56. The first-order valence-corrected chi connectivity index (χ1v) is 27.4. The van der Waals surface area contributed by atoms with Crippen LogP contribution in [-0.2, 0) is 68.3 Å². The lowest BCUT2D eigenvalue weighted by Gasteiger charge is -2.36. The Bertz CT molecular complexity index is 2490. The normalized spacial score (nSPS) is 19.9. The number of hydrogen-bond donors (Lipinski definition) is 6. The number of nitrogens with two attached hydrogens (primary N) is 1. The van der Waals surface area contributed by atoms with E-state index in [1.54, 1.807) is 13.8 Å². The number of nitrogens with zero attached hydrogens (tertiary/aromatic N) is 4. The van der Waals surface area contributed by atoms with E-state index >= 15 is 0 Å². The lowest BCUT2D eigenvalue weighted by atomic mass is 9.81. The van der Waals surface area contributed by atoms with Gasteiger partial charge in [-0.05, 0) is 63.5 Å². The van der Waals surface area contributed by atoms with Gasteiger partial charge in [0.2, 0.25) is 11.8 Å².